The molecular weight excluding hydrogens is 408 g/mol. The average Bonchev–Trinajstić information content (AvgIpc) is 2.84. The Balaban J connectivity index is 1.43. The van der Waals surface area contributed by atoms with Crippen molar-refractivity contribution in [3.8, 4) is 11.4 Å². The number of amides is 2. The minimum absolute atomic E-state index is 0.0417. The number of carbonyl (C=O) groups is 1. The quantitative estimate of drug-likeness (QED) is 0.563. The number of benzene rings is 1. The van der Waals surface area contributed by atoms with Gasteiger partial charge in [0.1, 0.15) is 5.82 Å². The lowest BCUT2D eigenvalue weighted by atomic mass is 9.96. The molecule has 0 unspecified atom stereocenters. The van der Waals surface area contributed by atoms with Crippen LogP contribution in [0.1, 0.15) is 44.7 Å². The molecule has 2 fully saturated rings. The molecule has 2 amide bonds. The SMILES string of the molecule is CCc1cc(N2CCN(C(=O)NC3CCCCC3)CC2)nc(-c2ccc([N+](=O)[O-])cc2)n1. The molecule has 4 rings (SSSR count). The highest BCUT2D eigenvalue weighted by Crippen LogP contribution is 2.24. The minimum Gasteiger partial charge on any atom is -0.353 e. The average molecular weight is 439 g/mol. The van der Waals surface area contributed by atoms with Crippen LogP contribution >= 0.6 is 0 Å². The van der Waals surface area contributed by atoms with Crippen molar-refractivity contribution in [1.29, 1.82) is 0 Å². The van der Waals surface area contributed by atoms with Crippen LogP contribution < -0.4 is 10.2 Å². The number of aryl methyl sites for hydroxylation is 1. The summed E-state index contributed by atoms with van der Waals surface area (Å²) in [5, 5.41) is 14.1. The number of non-ortho nitro benzene ring substituents is 1. The van der Waals surface area contributed by atoms with Crippen LogP contribution in [0.2, 0.25) is 0 Å². The van der Waals surface area contributed by atoms with E-state index in [2.05, 4.69) is 15.2 Å². The van der Waals surface area contributed by atoms with Gasteiger partial charge in [-0.25, -0.2) is 14.8 Å². The monoisotopic (exact) mass is 438 g/mol. The summed E-state index contributed by atoms with van der Waals surface area (Å²) >= 11 is 0. The van der Waals surface area contributed by atoms with Gasteiger partial charge in [0, 0.05) is 61.7 Å². The van der Waals surface area contributed by atoms with E-state index in [9.17, 15) is 14.9 Å². The lowest BCUT2D eigenvalue weighted by Gasteiger charge is -2.36. The summed E-state index contributed by atoms with van der Waals surface area (Å²) in [5.74, 6) is 1.39. The van der Waals surface area contributed by atoms with Crippen LogP contribution in [0, 0.1) is 10.1 Å². The van der Waals surface area contributed by atoms with Crippen molar-refractivity contribution in [2.75, 3.05) is 31.1 Å². The summed E-state index contributed by atoms with van der Waals surface area (Å²) in [6.07, 6.45) is 6.59. The van der Waals surface area contributed by atoms with Gasteiger partial charge in [0.25, 0.3) is 5.69 Å². The van der Waals surface area contributed by atoms with E-state index in [-0.39, 0.29) is 11.7 Å². The second kappa shape index (κ2) is 9.93. The highest BCUT2D eigenvalue weighted by Gasteiger charge is 2.25. The van der Waals surface area contributed by atoms with E-state index in [0.717, 1.165) is 36.3 Å². The number of urea groups is 1. The van der Waals surface area contributed by atoms with E-state index >= 15 is 0 Å². The smallest absolute Gasteiger partial charge is 0.317 e. The van der Waals surface area contributed by atoms with Crippen LogP contribution in [0.25, 0.3) is 11.4 Å². The van der Waals surface area contributed by atoms with E-state index in [1.165, 1.54) is 31.4 Å². The fourth-order valence-corrected chi connectivity index (χ4v) is 4.34. The number of rotatable bonds is 5. The van der Waals surface area contributed by atoms with Gasteiger partial charge in [-0.15, -0.1) is 0 Å². The van der Waals surface area contributed by atoms with Gasteiger partial charge < -0.3 is 15.1 Å². The molecule has 1 N–H and O–H groups in total. The van der Waals surface area contributed by atoms with Crippen molar-refractivity contribution in [3.63, 3.8) is 0 Å². The minimum atomic E-state index is -0.414. The predicted molar refractivity (Wildman–Crippen MR) is 123 cm³/mol. The van der Waals surface area contributed by atoms with Gasteiger partial charge in [0.2, 0.25) is 0 Å². The van der Waals surface area contributed by atoms with E-state index in [4.69, 9.17) is 4.98 Å². The fraction of sp³-hybridized carbons (Fsp3) is 0.522. The third-order valence-corrected chi connectivity index (χ3v) is 6.29. The maximum absolute atomic E-state index is 12.6. The topological polar surface area (TPSA) is 104 Å². The molecule has 2 heterocycles. The molecule has 1 aliphatic heterocycles. The Kier molecular flexibility index (Phi) is 6.82. The summed E-state index contributed by atoms with van der Waals surface area (Å²) in [4.78, 5) is 36.6. The predicted octanol–water partition coefficient (Wildman–Crippen LogP) is 3.78. The molecule has 9 nitrogen and oxygen atoms in total. The van der Waals surface area contributed by atoms with Crippen LogP contribution in [-0.4, -0.2) is 58.0 Å². The Morgan fingerprint density at radius 2 is 1.78 bits per heavy atom. The Labute approximate surface area is 188 Å². The number of nitrogens with zero attached hydrogens (tertiary/aromatic N) is 5. The van der Waals surface area contributed by atoms with Crippen molar-refractivity contribution >= 4 is 17.5 Å². The molecule has 1 aromatic heterocycles. The van der Waals surface area contributed by atoms with Gasteiger partial charge in [0.05, 0.1) is 4.92 Å². The molecule has 0 spiro atoms. The third kappa shape index (κ3) is 5.15. The normalized spacial score (nSPS) is 17.3. The molecule has 1 aromatic carbocycles. The molecule has 0 atom stereocenters. The van der Waals surface area contributed by atoms with Crippen LogP contribution in [0.4, 0.5) is 16.3 Å². The highest BCUT2D eigenvalue weighted by molar-refractivity contribution is 5.75. The second-order valence-electron chi connectivity index (χ2n) is 8.46. The van der Waals surface area contributed by atoms with Gasteiger partial charge >= 0.3 is 6.03 Å². The van der Waals surface area contributed by atoms with Gasteiger partial charge in [0.15, 0.2) is 5.82 Å². The second-order valence-corrected chi connectivity index (χ2v) is 8.46. The van der Waals surface area contributed by atoms with Crippen LogP contribution in [-0.2, 0) is 6.42 Å². The summed E-state index contributed by atoms with van der Waals surface area (Å²) in [7, 11) is 0. The molecule has 9 heteroatoms. The Hall–Kier alpha value is -3.23. The number of hydrogen-bond donors (Lipinski definition) is 1. The molecule has 0 radical (unpaired) electrons. The molecule has 1 aliphatic carbocycles. The lowest BCUT2D eigenvalue weighted by molar-refractivity contribution is -0.384. The zero-order valence-corrected chi connectivity index (χ0v) is 18.5. The van der Waals surface area contributed by atoms with Crippen molar-refractivity contribution in [3.05, 3.63) is 46.1 Å². The molecule has 0 bridgehead atoms. The Bertz CT molecular complexity index is 951. The van der Waals surface area contributed by atoms with E-state index in [1.807, 2.05) is 17.9 Å². The van der Waals surface area contributed by atoms with Crippen LogP contribution in [0.3, 0.4) is 0 Å². The third-order valence-electron chi connectivity index (χ3n) is 6.29. The van der Waals surface area contributed by atoms with Gasteiger partial charge in [-0.3, -0.25) is 10.1 Å². The van der Waals surface area contributed by atoms with Crippen LogP contribution in [0.5, 0.6) is 0 Å². The van der Waals surface area contributed by atoms with Crippen molar-refractivity contribution in [2.45, 2.75) is 51.5 Å². The number of piperazine rings is 1. The van der Waals surface area contributed by atoms with Gasteiger partial charge in [-0.2, -0.15) is 0 Å². The first-order valence-corrected chi connectivity index (χ1v) is 11.5. The maximum atomic E-state index is 12.6. The zero-order chi connectivity index (χ0) is 22.5. The Morgan fingerprint density at radius 1 is 1.09 bits per heavy atom. The van der Waals surface area contributed by atoms with E-state index in [0.29, 0.717) is 38.0 Å². The largest absolute Gasteiger partial charge is 0.353 e. The highest BCUT2D eigenvalue weighted by atomic mass is 16.6. The molecular formula is C23H30N6O3. The maximum Gasteiger partial charge on any atom is 0.317 e. The summed E-state index contributed by atoms with van der Waals surface area (Å²) in [5.41, 5.74) is 1.71. The van der Waals surface area contributed by atoms with Crippen molar-refractivity contribution in [1.82, 2.24) is 20.2 Å². The molecule has 2 aromatic rings. The lowest BCUT2D eigenvalue weighted by Crippen LogP contribution is -2.53. The number of nitro benzene ring substituents is 1. The number of aromatic nitrogens is 2. The Morgan fingerprint density at radius 3 is 2.41 bits per heavy atom. The molecule has 2 aliphatic rings. The number of anilines is 1. The zero-order valence-electron chi connectivity index (χ0n) is 18.5. The number of hydrogen-bond acceptors (Lipinski definition) is 6. The number of nitro groups is 1. The van der Waals surface area contributed by atoms with Gasteiger partial charge in [-0.05, 0) is 31.4 Å². The molecule has 32 heavy (non-hydrogen) atoms. The first-order valence-electron chi connectivity index (χ1n) is 11.5. The van der Waals surface area contributed by atoms with Crippen molar-refractivity contribution < 1.29 is 9.72 Å². The van der Waals surface area contributed by atoms with E-state index in [1.54, 1.807) is 12.1 Å². The fourth-order valence-electron chi connectivity index (χ4n) is 4.34. The standard InChI is InChI=1S/C23H30N6O3/c1-2-18-16-21(26-22(24-18)17-8-10-20(11-9-17)29(31)32)27-12-14-28(15-13-27)23(30)25-19-6-4-3-5-7-19/h8-11,16,19H,2-7,12-15H2,1H3,(H,25,30). The van der Waals surface area contributed by atoms with Crippen molar-refractivity contribution in [2.24, 2.45) is 0 Å². The molecule has 1 saturated carbocycles. The van der Waals surface area contributed by atoms with E-state index < -0.39 is 4.92 Å². The first kappa shape index (κ1) is 22.0. The summed E-state index contributed by atoms with van der Waals surface area (Å²) in [6.45, 7) is 4.75. The number of nitrogens with one attached hydrogen (secondary N) is 1. The number of carbonyl (C=O) groups excluding carboxylic acids is 1. The summed E-state index contributed by atoms with van der Waals surface area (Å²) < 4.78 is 0. The molecule has 170 valence electrons. The summed E-state index contributed by atoms with van der Waals surface area (Å²) in [6, 6.07) is 8.66. The van der Waals surface area contributed by atoms with Crippen LogP contribution in [0.15, 0.2) is 30.3 Å². The van der Waals surface area contributed by atoms with Gasteiger partial charge in [-0.1, -0.05) is 26.2 Å². The first-order chi connectivity index (χ1) is 15.5. The molecule has 1 saturated heterocycles.